The Balaban J connectivity index is 1.24. The smallest absolute Gasteiger partial charge is 0.317 e. The highest BCUT2D eigenvalue weighted by Gasteiger charge is 2.31. The Bertz CT molecular complexity index is 982. The van der Waals surface area contributed by atoms with Crippen molar-refractivity contribution in [2.24, 2.45) is 11.7 Å². The zero-order valence-electron chi connectivity index (χ0n) is 18.4. The summed E-state index contributed by atoms with van der Waals surface area (Å²) in [6, 6.07) is 12.7. The molecule has 176 valence electrons. The van der Waals surface area contributed by atoms with Crippen molar-refractivity contribution in [2.75, 3.05) is 50.7 Å². The molecule has 9 heteroatoms. The minimum Gasteiger partial charge on any atom is -0.371 e. The first-order chi connectivity index (χ1) is 15.9. The van der Waals surface area contributed by atoms with Gasteiger partial charge in [-0.1, -0.05) is 30.3 Å². The zero-order chi connectivity index (χ0) is 23.4. The summed E-state index contributed by atoms with van der Waals surface area (Å²) < 4.78 is 26.7. The molecule has 3 N–H and O–H groups in total. The van der Waals surface area contributed by atoms with Gasteiger partial charge >= 0.3 is 6.03 Å². The SMILES string of the molecule is NC(=O)C(c1ccccc1)N1CCN(C(=O)NCC2CCN(c3ccc(F)c(F)c3)C2)CC1. The van der Waals surface area contributed by atoms with Gasteiger partial charge in [0, 0.05) is 57.6 Å². The molecule has 2 aromatic rings. The van der Waals surface area contributed by atoms with E-state index in [-0.39, 0.29) is 11.9 Å². The lowest BCUT2D eigenvalue weighted by molar-refractivity contribution is -0.124. The van der Waals surface area contributed by atoms with Gasteiger partial charge in [-0.15, -0.1) is 0 Å². The molecule has 4 rings (SSSR count). The minimum atomic E-state index is -0.854. The summed E-state index contributed by atoms with van der Waals surface area (Å²) in [6.07, 6.45) is 0.865. The van der Waals surface area contributed by atoms with Gasteiger partial charge < -0.3 is 20.9 Å². The average Bonchev–Trinajstić information content (AvgIpc) is 3.29. The van der Waals surface area contributed by atoms with Crippen molar-refractivity contribution in [3.63, 3.8) is 0 Å². The van der Waals surface area contributed by atoms with Gasteiger partial charge in [-0.2, -0.15) is 0 Å². The van der Waals surface area contributed by atoms with Crippen molar-refractivity contribution in [3.8, 4) is 0 Å². The highest BCUT2D eigenvalue weighted by atomic mass is 19.2. The lowest BCUT2D eigenvalue weighted by Gasteiger charge is -2.38. The summed E-state index contributed by atoms with van der Waals surface area (Å²) in [5.74, 6) is -1.87. The molecular weight excluding hydrogens is 428 g/mol. The monoisotopic (exact) mass is 457 g/mol. The second kappa shape index (κ2) is 10.2. The number of halogens is 2. The Morgan fingerprint density at radius 3 is 2.39 bits per heavy atom. The normalized spacial score (nSPS) is 20.0. The van der Waals surface area contributed by atoms with Crippen LogP contribution in [0.25, 0.3) is 0 Å². The molecule has 2 fully saturated rings. The largest absolute Gasteiger partial charge is 0.371 e. The summed E-state index contributed by atoms with van der Waals surface area (Å²) in [6.45, 7) is 4.07. The third-order valence-electron chi connectivity index (χ3n) is 6.45. The van der Waals surface area contributed by atoms with Crippen molar-refractivity contribution in [1.82, 2.24) is 15.1 Å². The summed E-state index contributed by atoms with van der Waals surface area (Å²) >= 11 is 0. The first-order valence-corrected chi connectivity index (χ1v) is 11.2. The third-order valence-corrected chi connectivity index (χ3v) is 6.45. The number of amides is 3. The van der Waals surface area contributed by atoms with Gasteiger partial charge in [0.15, 0.2) is 11.6 Å². The first-order valence-electron chi connectivity index (χ1n) is 11.2. The quantitative estimate of drug-likeness (QED) is 0.698. The van der Waals surface area contributed by atoms with Crippen LogP contribution in [0, 0.1) is 17.6 Å². The number of hydrogen-bond acceptors (Lipinski definition) is 4. The molecule has 2 aliphatic rings. The highest BCUT2D eigenvalue weighted by Crippen LogP contribution is 2.25. The van der Waals surface area contributed by atoms with E-state index in [1.54, 1.807) is 11.0 Å². The maximum atomic E-state index is 13.5. The Hall–Kier alpha value is -3.20. The van der Waals surface area contributed by atoms with Crippen LogP contribution in [-0.2, 0) is 4.79 Å². The number of benzene rings is 2. The van der Waals surface area contributed by atoms with Gasteiger partial charge in [0.2, 0.25) is 5.91 Å². The molecule has 7 nitrogen and oxygen atoms in total. The summed E-state index contributed by atoms with van der Waals surface area (Å²) in [7, 11) is 0. The van der Waals surface area contributed by atoms with E-state index in [1.165, 1.54) is 6.07 Å². The van der Waals surface area contributed by atoms with E-state index in [9.17, 15) is 18.4 Å². The Morgan fingerprint density at radius 1 is 1.00 bits per heavy atom. The van der Waals surface area contributed by atoms with Crippen LogP contribution in [0.1, 0.15) is 18.0 Å². The van der Waals surface area contributed by atoms with Gasteiger partial charge in [-0.3, -0.25) is 9.69 Å². The number of carbonyl (C=O) groups is 2. The number of hydrogen-bond donors (Lipinski definition) is 2. The standard InChI is InChI=1S/C24H29F2N5O2/c25-20-7-6-19(14-21(20)26)31-9-8-17(16-31)15-28-24(33)30-12-10-29(11-13-30)22(23(27)32)18-4-2-1-3-5-18/h1-7,14,17,22H,8-13,15-16H2,(H2,27,32)(H,28,33). The van der Waals surface area contributed by atoms with Crippen molar-refractivity contribution < 1.29 is 18.4 Å². The number of urea groups is 1. The van der Waals surface area contributed by atoms with E-state index < -0.39 is 23.6 Å². The third kappa shape index (κ3) is 5.42. The van der Waals surface area contributed by atoms with Gasteiger partial charge in [-0.05, 0) is 30.0 Å². The molecule has 2 aromatic carbocycles. The predicted molar refractivity (Wildman–Crippen MR) is 122 cm³/mol. The van der Waals surface area contributed by atoms with E-state index in [1.807, 2.05) is 40.1 Å². The molecule has 0 aromatic heterocycles. The summed E-state index contributed by atoms with van der Waals surface area (Å²) in [5.41, 5.74) is 7.17. The number of piperazine rings is 1. The number of primary amides is 1. The van der Waals surface area contributed by atoms with Crippen molar-refractivity contribution in [1.29, 1.82) is 0 Å². The lowest BCUT2D eigenvalue weighted by Crippen LogP contribution is -2.54. The molecule has 33 heavy (non-hydrogen) atoms. The van der Waals surface area contributed by atoms with Crippen LogP contribution in [0.3, 0.4) is 0 Å². The molecular formula is C24H29F2N5O2. The molecule has 2 atom stereocenters. The maximum absolute atomic E-state index is 13.5. The lowest BCUT2D eigenvalue weighted by atomic mass is 10.0. The van der Waals surface area contributed by atoms with Crippen LogP contribution < -0.4 is 16.0 Å². The molecule has 0 radical (unpaired) electrons. The van der Waals surface area contributed by atoms with Crippen LogP contribution >= 0.6 is 0 Å². The summed E-state index contributed by atoms with van der Waals surface area (Å²) in [4.78, 5) is 30.5. The highest BCUT2D eigenvalue weighted by molar-refractivity contribution is 5.81. The van der Waals surface area contributed by atoms with E-state index in [0.717, 1.165) is 24.6 Å². The number of rotatable bonds is 6. The van der Waals surface area contributed by atoms with Gasteiger partial charge in [0.25, 0.3) is 0 Å². The second-order valence-corrected chi connectivity index (χ2v) is 8.62. The van der Waals surface area contributed by atoms with E-state index in [0.29, 0.717) is 45.0 Å². The Morgan fingerprint density at radius 2 is 1.73 bits per heavy atom. The molecule has 2 unspecified atom stereocenters. The van der Waals surface area contributed by atoms with Crippen LogP contribution in [0.5, 0.6) is 0 Å². The Labute approximate surface area is 192 Å². The van der Waals surface area contributed by atoms with Crippen LogP contribution in [0.4, 0.5) is 19.3 Å². The fourth-order valence-corrected chi connectivity index (χ4v) is 4.63. The molecule has 0 aliphatic carbocycles. The van der Waals surface area contributed by atoms with Crippen LogP contribution in [0.15, 0.2) is 48.5 Å². The molecule has 2 heterocycles. The minimum absolute atomic E-state index is 0.128. The number of nitrogens with zero attached hydrogens (tertiary/aromatic N) is 3. The zero-order valence-corrected chi connectivity index (χ0v) is 18.4. The van der Waals surface area contributed by atoms with Gasteiger partial charge in [0.1, 0.15) is 6.04 Å². The van der Waals surface area contributed by atoms with Gasteiger partial charge in [0.05, 0.1) is 0 Å². The molecule has 0 saturated carbocycles. The van der Waals surface area contributed by atoms with Crippen molar-refractivity contribution >= 4 is 17.6 Å². The molecule has 2 aliphatic heterocycles. The maximum Gasteiger partial charge on any atom is 0.317 e. The van der Waals surface area contributed by atoms with Crippen molar-refractivity contribution in [2.45, 2.75) is 12.5 Å². The molecule has 2 saturated heterocycles. The molecule has 0 bridgehead atoms. The number of carbonyl (C=O) groups excluding carboxylic acids is 2. The van der Waals surface area contributed by atoms with Crippen LogP contribution in [0.2, 0.25) is 0 Å². The number of anilines is 1. The average molecular weight is 458 g/mol. The first kappa shape index (κ1) is 23.0. The Kier molecular flexibility index (Phi) is 7.08. The van der Waals surface area contributed by atoms with Crippen molar-refractivity contribution in [3.05, 3.63) is 65.7 Å². The number of nitrogens with two attached hydrogens (primary N) is 1. The second-order valence-electron chi connectivity index (χ2n) is 8.62. The van der Waals surface area contributed by atoms with E-state index in [2.05, 4.69) is 5.32 Å². The fourth-order valence-electron chi connectivity index (χ4n) is 4.63. The van der Waals surface area contributed by atoms with E-state index in [4.69, 9.17) is 5.73 Å². The fraction of sp³-hybridized carbons (Fsp3) is 0.417. The van der Waals surface area contributed by atoms with Crippen LogP contribution in [-0.4, -0.2) is 67.6 Å². The topological polar surface area (TPSA) is 81.9 Å². The number of nitrogens with one attached hydrogen (secondary N) is 1. The van der Waals surface area contributed by atoms with Gasteiger partial charge in [-0.25, -0.2) is 13.6 Å². The summed E-state index contributed by atoms with van der Waals surface area (Å²) in [5, 5.41) is 3.00. The predicted octanol–water partition coefficient (Wildman–Crippen LogP) is 2.34. The molecule has 0 spiro atoms. The van der Waals surface area contributed by atoms with E-state index >= 15 is 0 Å². The molecule has 3 amide bonds.